The van der Waals surface area contributed by atoms with Crippen molar-refractivity contribution in [3.8, 4) is 5.75 Å². The van der Waals surface area contributed by atoms with Crippen LogP contribution >= 0.6 is 11.6 Å². The third-order valence-corrected chi connectivity index (χ3v) is 7.01. The van der Waals surface area contributed by atoms with E-state index in [2.05, 4.69) is 4.72 Å². The minimum absolute atomic E-state index is 0.0317. The standard InChI is InChI=1S/C23H24ClNO6S/c1-12(2)21(25-32(28,29)16-8-6-13(3)7-9-16)23(27)31-20-11-19-17(10-18(20)24)14(4)15(5)22(26)30-19/h6-12,21,25H,1-5H3/t21-/m1/s1. The van der Waals surface area contributed by atoms with E-state index in [1.54, 1.807) is 45.9 Å². The van der Waals surface area contributed by atoms with E-state index in [4.69, 9.17) is 20.8 Å². The zero-order valence-corrected chi connectivity index (χ0v) is 19.9. The molecule has 0 aliphatic rings. The van der Waals surface area contributed by atoms with Gasteiger partial charge in [0, 0.05) is 17.0 Å². The Kier molecular flexibility index (Phi) is 6.78. The van der Waals surface area contributed by atoms with Gasteiger partial charge in [0.15, 0.2) is 5.75 Å². The average Bonchev–Trinajstić information content (AvgIpc) is 2.72. The summed E-state index contributed by atoms with van der Waals surface area (Å²) in [6.45, 7) is 8.64. The minimum Gasteiger partial charge on any atom is -0.424 e. The molecule has 0 bridgehead atoms. The summed E-state index contributed by atoms with van der Waals surface area (Å²) in [7, 11) is -3.96. The Bertz CT molecular complexity index is 1340. The number of carbonyl (C=O) groups excluding carboxylic acids is 1. The molecule has 3 aromatic rings. The predicted octanol–water partition coefficient (Wildman–Crippen LogP) is 4.28. The quantitative estimate of drug-likeness (QED) is 0.323. The molecule has 1 heterocycles. The smallest absolute Gasteiger partial charge is 0.339 e. The Balaban J connectivity index is 1.91. The average molecular weight is 478 g/mol. The van der Waals surface area contributed by atoms with Crippen LogP contribution in [0, 0.1) is 26.7 Å². The van der Waals surface area contributed by atoms with Crippen LogP contribution in [0.4, 0.5) is 0 Å². The van der Waals surface area contributed by atoms with E-state index in [1.807, 2.05) is 6.92 Å². The van der Waals surface area contributed by atoms with E-state index < -0.39 is 33.6 Å². The zero-order valence-electron chi connectivity index (χ0n) is 18.4. The highest BCUT2D eigenvalue weighted by atomic mass is 35.5. The molecule has 1 N–H and O–H groups in total. The summed E-state index contributed by atoms with van der Waals surface area (Å²) >= 11 is 6.30. The lowest BCUT2D eigenvalue weighted by molar-refractivity contribution is -0.137. The zero-order chi connectivity index (χ0) is 23.8. The Morgan fingerprint density at radius 3 is 2.28 bits per heavy atom. The van der Waals surface area contributed by atoms with Gasteiger partial charge in [0.2, 0.25) is 10.0 Å². The van der Waals surface area contributed by atoms with E-state index in [1.165, 1.54) is 18.2 Å². The number of aryl methyl sites for hydroxylation is 2. The highest BCUT2D eigenvalue weighted by molar-refractivity contribution is 7.89. The van der Waals surface area contributed by atoms with Crippen molar-refractivity contribution >= 4 is 38.6 Å². The van der Waals surface area contributed by atoms with Crippen LogP contribution < -0.4 is 15.1 Å². The van der Waals surface area contributed by atoms with Crippen molar-refractivity contribution in [1.29, 1.82) is 0 Å². The van der Waals surface area contributed by atoms with E-state index >= 15 is 0 Å². The van der Waals surface area contributed by atoms with Gasteiger partial charge in [-0.15, -0.1) is 0 Å². The van der Waals surface area contributed by atoms with Crippen molar-refractivity contribution in [2.45, 2.75) is 45.6 Å². The molecule has 32 heavy (non-hydrogen) atoms. The first-order chi connectivity index (χ1) is 14.9. The largest absolute Gasteiger partial charge is 0.424 e. The number of ether oxygens (including phenoxy) is 1. The van der Waals surface area contributed by atoms with Gasteiger partial charge in [-0.1, -0.05) is 43.1 Å². The van der Waals surface area contributed by atoms with Crippen LogP contribution in [0.5, 0.6) is 5.75 Å². The molecule has 0 aliphatic heterocycles. The van der Waals surface area contributed by atoms with E-state index in [-0.39, 0.29) is 21.3 Å². The number of hydrogen-bond acceptors (Lipinski definition) is 6. The molecule has 9 heteroatoms. The first kappa shape index (κ1) is 24.0. The molecule has 0 fully saturated rings. The highest BCUT2D eigenvalue weighted by Crippen LogP contribution is 2.32. The summed E-state index contributed by atoms with van der Waals surface area (Å²) in [5.74, 6) is -1.27. The number of hydrogen-bond donors (Lipinski definition) is 1. The van der Waals surface area contributed by atoms with E-state index in [9.17, 15) is 18.0 Å². The Morgan fingerprint density at radius 1 is 1.06 bits per heavy atom. The van der Waals surface area contributed by atoms with Crippen LogP contribution in [0.3, 0.4) is 0 Å². The molecule has 0 aliphatic carbocycles. The van der Waals surface area contributed by atoms with Gasteiger partial charge < -0.3 is 9.15 Å². The van der Waals surface area contributed by atoms with Crippen molar-refractivity contribution < 1.29 is 22.4 Å². The van der Waals surface area contributed by atoms with Crippen molar-refractivity contribution in [2.24, 2.45) is 5.92 Å². The fourth-order valence-electron chi connectivity index (χ4n) is 3.10. The molecular weight excluding hydrogens is 454 g/mol. The number of carbonyl (C=O) groups is 1. The van der Waals surface area contributed by atoms with E-state index in [0.717, 1.165) is 5.56 Å². The molecule has 3 rings (SSSR count). The summed E-state index contributed by atoms with van der Waals surface area (Å²) in [5, 5.41) is 0.749. The molecule has 2 aromatic carbocycles. The molecule has 1 aromatic heterocycles. The molecule has 0 radical (unpaired) electrons. The van der Waals surface area contributed by atoms with E-state index in [0.29, 0.717) is 16.5 Å². The fraction of sp³-hybridized carbons (Fsp3) is 0.304. The topological polar surface area (TPSA) is 103 Å². The van der Waals surface area contributed by atoms with Gasteiger partial charge in [0.1, 0.15) is 11.6 Å². The SMILES string of the molecule is Cc1ccc(S(=O)(=O)N[C@@H](C(=O)Oc2cc3oc(=O)c(C)c(C)c3cc2Cl)C(C)C)cc1. The second kappa shape index (κ2) is 9.05. The fourth-order valence-corrected chi connectivity index (χ4v) is 4.64. The number of nitrogens with one attached hydrogen (secondary N) is 1. The van der Waals surface area contributed by atoms with Gasteiger partial charge in [0.25, 0.3) is 0 Å². The number of halogens is 1. The normalized spacial score (nSPS) is 12.8. The van der Waals surface area contributed by atoms with Gasteiger partial charge in [-0.2, -0.15) is 4.72 Å². The second-order valence-corrected chi connectivity index (χ2v) is 10.1. The molecule has 7 nitrogen and oxygen atoms in total. The summed E-state index contributed by atoms with van der Waals surface area (Å²) in [6, 6.07) is 8.01. The van der Waals surface area contributed by atoms with Gasteiger partial charge in [0.05, 0.1) is 9.92 Å². The van der Waals surface area contributed by atoms with Crippen LogP contribution in [-0.2, 0) is 14.8 Å². The molecule has 170 valence electrons. The molecule has 0 unspecified atom stereocenters. The Hall–Kier alpha value is -2.68. The minimum atomic E-state index is -3.96. The van der Waals surface area contributed by atoms with Crippen molar-refractivity contribution in [1.82, 2.24) is 4.72 Å². The van der Waals surface area contributed by atoms with Crippen LogP contribution in [0.2, 0.25) is 5.02 Å². The first-order valence-corrected chi connectivity index (χ1v) is 11.8. The second-order valence-electron chi connectivity index (χ2n) is 8.00. The van der Waals surface area contributed by atoms with Crippen molar-refractivity contribution in [2.75, 3.05) is 0 Å². The van der Waals surface area contributed by atoms with Gasteiger partial charge >= 0.3 is 11.6 Å². The summed E-state index contributed by atoms with van der Waals surface area (Å²) in [6.07, 6.45) is 0. The maximum Gasteiger partial charge on any atom is 0.339 e. The van der Waals surface area contributed by atoms with Crippen LogP contribution in [0.15, 0.2) is 50.5 Å². The number of benzene rings is 2. The Labute approximate surface area is 191 Å². The maximum absolute atomic E-state index is 12.9. The number of fused-ring (bicyclic) bond motifs is 1. The third-order valence-electron chi connectivity index (χ3n) is 5.25. The monoisotopic (exact) mass is 477 g/mol. The van der Waals surface area contributed by atoms with Gasteiger partial charge in [-0.25, -0.2) is 18.0 Å². The van der Waals surface area contributed by atoms with Crippen molar-refractivity contribution in [3.05, 3.63) is 68.5 Å². The van der Waals surface area contributed by atoms with Crippen LogP contribution in [-0.4, -0.2) is 20.4 Å². The lowest BCUT2D eigenvalue weighted by atomic mass is 10.1. The molecule has 1 atom stereocenters. The lowest BCUT2D eigenvalue weighted by Gasteiger charge is -2.21. The number of rotatable bonds is 6. The molecule has 0 amide bonds. The molecular formula is C23H24ClNO6S. The number of sulfonamides is 1. The van der Waals surface area contributed by atoms with Gasteiger partial charge in [-0.3, -0.25) is 0 Å². The molecule has 0 saturated heterocycles. The van der Waals surface area contributed by atoms with Crippen molar-refractivity contribution in [3.63, 3.8) is 0 Å². The summed E-state index contributed by atoms with van der Waals surface area (Å²) in [5.41, 5.74) is 1.80. The predicted molar refractivity (Wildman–Crippen MR) is 123 cm³/mol. The summed E-state index contributed by atoms with van der Waals surface area (Å²) in [4.78, 5) is 24.9. The highest BCUT2D eigenvalue weighted by Gasteiger charge is 2.30. The molecule has 0 saturated carbocycles. The summed E-state index contributed by atoms with van der Waals surface area (Å²) < 4.78 is 38.7. The lowest BCUT2D eigenvalue weighted by Crippen LogP contribution is -2.46. The van der Waals surface area contributed by atoms with Crippen LogP contribution in [0.1, 0.15) is 30.5 Å². The molecule has 0 spiro atoms. The van der Waals surface area contributed by atoms with Gasteiger partial charge in [-0.05, 0) is 50.5 Å². The first-order valence-electron chi connectivity index (χ1n) is 9.95. The van der Waals surface area contributed by atoms with Crippen LogP contribution in [0.25, 0.3) is 11.0 Å². The maximum atomic E-state index is 12.9. The third kappa shape index (κ3) is 4.87. The number of esters is 1. The Morgan fingerprint density at radius 2 is 1.69 bits per heavy atom.